The minimum atomic E-state index is -0.705. The average molecular weight is 442 g/mol. The average Bonchev–Trinajstić information content (AvgIpc) is 3.67. The molecule has 1 spiro atoms. The van der Waals surface area contributed by atoms with Crippen LogP contribution in [0.3, 0.4) is 0 Å². The van der Waals surface area contributed by atoms with Crippen LogP contribution in [-0.4, -0.2) is 68.9 Å². The molecular formula is C23H39NO7. The van der Waals surface area contributed by atoms with Gasteiger partial charge < -0.3 is 29.0 Å². The molecule has 2 heterocycles. The molecule has 8 nitrogen and oxygen atoms in total. The summed E-state index contributed by atoms with van der Waals surface area (Å²) in [6.07, 6.45) is 4.82. The molecule has 0 aromatic rings. The van der Waals surface area contributed by atoms with Gasteiger partial charge in [-0.2, -0.15) is 0 Å². The van der Waals surface area contributed by atoms with Gasteiger partial charge in [0.1, 0.15) is 18.2 Å². The highest BCUT2D eigenvalue weighted by atomic mass is 16.6. The van der Waals surface area contributed by atoms with Crippen LogP contribution in [-0.2, 0) is 28.5 Å². The maximum Gasteiger partial charge on any atom is 0.408 e. The Morgan fingerprint density at radius 1 is 1.23 bits per heavy atom. The van der Waals surface area contributed by atoms with Crippen molar-refractivity contribution >= 4 is 12.1 Å². The van der Waals surface area contributed by atoms with Gasteiger partial charge in [0.15, 0.2) is 0 Å². The molecule has 4 unspecified atom stereocenters. The lowest BCUT2D eigenvalue weighted by Gasteiger charge is -2.40. The number of nitrogens with one attached hydrogen (secondary N) is 1. The predicted octanol–water partition coefficient (Wildman–Crippen LogP) is 3.21. The highest BCUT2D eigenvalue weighted by Gasteiger charge is 2.66. The predicted molar refractivity (Wildman–Crippen MR) is 114 cm³/mol. The van der Waals surface area contributed by atoms with Crippen LogP contribution in [0.15, 0.2) is 0 Å². The van der Waals surface area contributed by atoms with E-state index in [0.717, 1.165) is 32.1 Å². The molecule has 7 atom stereocenters. The first-order valence-electron chi connectivity index (χ1n) is 11.7. The van der Waals surface area contributed by atoms with Crippen molar-refractivity contribution in [1.29, 1.82) is 0 Å². The number of alkyl carbamates (subject to hydrolysis) is 1. The Kier molecular flexibility index (Phi) is 8.21. The summed E-state index contributed by atoms with van der Waals surface area (Å²) in [7, 11) is 2.97. The number of esters is 1. The van der Waals surface area contributed by atoms with E-state index in [1.165, 1.54) is 7.11 Å². The van der Waals surface area contributed by atoms with E-state index >= 15 is 0 Å². The van der Waals surface area contributed by atoms with Gasteiger partial charge in [0.05, 0.1) is 31.5 Å². The van der Waals surface area contributed by atoms with E-state index < -0.39 is 24.2 Å². The van der Waals surface area contributed by atoms with Crippen LogP contribution < -0.4 is 5.32 Å². The van der Waals surface area contributed by atoms with E-state index in [-0.39, 0.29) is 29.8 Å². The second-order valence-corrected chi connectivity index (χ2v) is 9.53. The molecule has 3 fully saturated rings. The number of carbonyl (C=O) groups excluding carboxylic acids is 2. The molecule has 2 saturated heterocycles. The van der Waals surface area contributed by atoms with Crippen molar-refractivity contribution in [3.63, 3.8) is 0 Å². The van der Waals surface area contributed by atoms with Gasteiger partial charge in [0, 0.05) is 13.0 Å². The molecule has 178 valence electrons. The van der Waals surface area contributed by atoms with Crippen LogP contribution in [0.5, 0.6) is 0 Å². The second kappa shape index (κ2) is 10.5. The SMILES string of the molecule is CCCCC(NC(=O)OC1CC[C@]2(CO2)C([C@H]2O[C@@H]2CCC(C)C)C1OC)C(=O)OC. The molecule has 1 amide bonds. The summed E-state index contributed by atoms with van der Waals surface area (Å²) in [4.78, 5) is 24.6. The minimum absolute atomic E-state index is 0.0395. The lowest BCUT2D eigenvalue weighted by Crippen LogP contribution is -2.54. The summed E-state index contributed by atoms with van der Waals surface area (Å²) in [5, 5.41) is 2.68. The van der Waals surface area contributed by atoms with E-state index in [2.05, 4.69) is 19.2 Å². The molecule has 31 heavy (non-hydrogen) atoms. The molecule has 0 aromatic carbocycles. The Morgan fingerprint density at radius 3 is 2.55 bits per heavy atom. The van der Waals surface area contributed by atoms with Gasteiger partial charge in [-0.25, -0.2) is 9.59 Å². The maximum absolute atomic E-state index is 12.6. The van der Waals surface area contributed by atoms with Crippen LogP contribution in [0.4, 0.5) is 4.79 Å². The molecule has 1 saturated carbocycles. The summed E-state index contributed by atoms with van der Waals surface area (Å²) >= 11 is 0. The van der Waals surface area contributed by atoms with Gasteiger partial charge >= 0.3 is 12.1 Å². The van der Waals surface area contributed by atoms with Gasteiger partial charge in [0.25, 0.3) is 0 Å². The smallest absolute Gasteiger partial charge is 0.408 e. The molecule has 8 heteroatoms. The fraction of sp³-hybridized carbons (Fsp3) is 0.913. The summed E-state index contributed by atoms with van der Waals surface area (Å²) < 4.78 is 28.4. The molecule has 2 aliphatic heterocycles. The van der Waals surface area contributed by atoms with Crippen LogP contribution in [0.2, 0.25) is 0 Å². The third kappa shape index (κ3) is 5.90. The Hall–Kier alpha value is -1.38. The van der Waals surface area contributed by atoms with Crippen molar-refractivity contribution < 1.29 is 33.3 Å². The maximum atomic E-state index is 12.6. The van der Waals surface area contributed by atoms with Crippen molar-refractivity contribution in [3.8, 4) is 0 Å². The number of epoxide rings is 2. The normalized spacial score (nSPS) is 35.0. The molecule has 0 bridgehead atoms. The van der Waals surface area contributed by atoms with Crippen molar-refractivity contribution in [1.82, 2.24) is 5.32 Å². The Labute approximate surface area is 185 Å². The van der Waals surface area contributed by atoms with Crippen LogP contribution in [0.1, 0.15) is 65.7 Å². The Bertz CT molecular complexity index is 621. The summed E-state index contributed by atoms with van der Waals surface area (Å²) in [5.41, 5.74) is -0.218. The highest BCUT2D eigenvalue weighted by molar-refractivity contribution is 5.81. The zero-order valence-corrected chi connectivity index (χ0v) is 19.6. The number of amides is 1. The molecule has 1 N–H and O–H groups in total. The molecule has 0 aromatic heterocycles. The second-order valence-electron chi connectivity index (χ2n) is 9.53. The molecule has 1 aliphatic carbocycles. The third-order valence-electron chi connectivity index (χ3n) is 6.85. The summed E-state index contributed by atoms with van der Waals surface area (Å²) in [6.45, 7) is 7.16. The Morgan fingerprint density at radius 2 is 1.97 bits per heavy atom. The number of ether oxygens (including phenoxy) is 5. The first-order valence-corrected chi connectivity index (χ1v) is 11.7. The number of methoxy groups -OCH3 is 2. The number of hydrogen-bond acceptors (Lipinski definition) is 7. The zero-order chi connectivity index (χ0) is 22.6. The minimum Gasteiger partial charge on any atom is -0.467 e. The first-order chi connectivity index (χ1) is 14.8. The highest BCUT2D eigenvalue weighted by Crippen LogP contribution is 2.54. The molecule has 3 aliphatic rings. The largest absolute Gasteiger partial charge is 0.467 e. The topological polar surface area (TPSA) is 98.9 Å². The van der Waals surface area contributed by atoms with Crippen molar-refractivity contribution in [2.24, 2.45) is 11.8 Å². The third-order valence-corrected chi connectivity index (χ3v) is 6.85. The quantitative estimate of drug-likeness (QED) is 0.388. The van der Waals surface area contributed by atoms with Crippen LogP contribution in [0, 0.1) is 11.8 Å². The number of unbranched alkanes of at least 4 members (excludes halogenated alkanes) is 1. The monoisotopic (exact) mass is 441 g/mol. The van der Waals surface area contributed by atoms with Gasteiger partial charge in [-0.05, 0) is 38.0 Å². The fourth-order valence-electron chi connectivity index (χ4n) is 4.90. The van der Waals surface area contributed by atoms with Gasteiger partial charge in [0.2, 0.25) is 0 Å². The number of carbonyl (C=O) groups is 2. The molecular weight excluding hydrogens is 402 g/mol. The lowest BCUT2D eigenvalue weighted by atomic mass is 9.73. The molecule has 3 rings (SSSR count). The number of rotatable bonds is 11. The van der Waals surface area contributed by atoms with E-state index in [4.69, 9.17) is 23.7 Å². The summed E-state index contributed by atoms with van der Waals surface area (Å²) in [6, 6.07) is -0.705. The van der Waals surface area contributed by atoms with Gasteiger partial charge in [-0.15, -0.1) is 0 Å². The standard InChI is InChI=1S/C23H39NO7/c1-6-7-8-15(21(25)28-5)24-22(26)31-17-11-12-23(13-29-23)18(19(17)27-4)20-16(30-20)10-9-14(2)3/h14-20H,6-13H2,1-5H3,(H,24,26)/t15?,16-,17?,18?,19?,20+,23+/m1/s1. The van der Waals surface area contributed by atoms with Crippen LogP contribution in [0.25, 0.3) is 0 Å². The van der Waals surface area contributed by atoms with Crippen molar-refractivity contribution in [2.75, 3.05) is 20.8 Å². The zero-order valence-electron chi connectivity index (χ0n) is 19.6. The lowest BCUT2D eigenvalue weighted by molar-refractivity contribution is -0.143. The first kappa shape index (κ1) is 24.3. The van der Waals surface area contributed by atoms with Crippen molar-refractivity contribution in [3.05, 3.63) is 0 Å². The molecule has 0 radical (unpaired) electrons. The fourth-order valence-corrected chi connectivity index (χ4v) is 4.90. The van der Waals surface area contributed by atoms with E-state index in [0.29, 0.717) is 25.4 Å². The van der Waals surface area contributed by atoms with Crippen molar-refractivity contribution in [2.45, 2.75) is 102 Å². The van der Waals surface area contributed by atoms with Crippen LogP contribution >= 0.6 is 0 Å². The summed E-state index contributed by atoms with van der Waals surface area (Å²) in [5.74, 6) is 0.216. The van der Waals surface area contributed by atoms with E-state index in [1.807, 2.05) is 6.92 Å². The van der Waals surface area contributed by atoms with E-state index in [9.17, 15) is 9.59 Å². The van der Waals surface area contributed by atoms with Gasteiger partial charge in [-0.1, -0.05) is 33.6 Å². The van der Waals surface area contributed by atoms with Gasteiger partial charge in [-0.3, -0.25) is 0 Å². The Balaban J connectivity index is 1.61. The number of hydrogen-bond donors (Lipinski definition) is 1. The van der Waals surface area contributed by atoms with E-state index in [1.54, 1.807) is 7.11 Å².